The van der Waals surface area contributed by atoms with Gasteiger partial charge in [0.15, 0.2) is 6.10 Å². The van der Waals surface area contributed by atoms with Gasteiger partial charge in [0, 0.05) is 27.9 Å². The molecule has 0 aliphatic carbocycles. The van der Waals surface area contributed by atoms with Crippen molar-refractivity contribution in [2.24, 2.45) is 53.1 Å². The molecule has 0 bridgehead atoms. The number of carbonyl (C=O) groups is 2. The lowest BCUT2D eigenvalue weighted by Crippen LogP contribution is -2.30. The minimum atomic E-state index is -0.602. The summed E-state index contributed by atoms with van der Waals surface area (Å²) in [7, 11) is 0.129. The number of esters is 2. The number of hydrogen-bond donors (Lipinski definition) is 1. The average Bonchev–Trinajstić information content (AvgIpc) is 3.03. The summed E-state index contributed by atoms with van der Waals surface area (Å²) in [5, 5.41) is 0. The van der Waals surface area contributed by atoms with E-state index in [1.54, 1.807) is 0 Å². The Morgan fingerprint density at radius 2 is 0.804 bits per heavy atom. The second-order valence-electron chi connectivity index (χ2n) is 17.9. The highest BCUT2D eigenvalue weighted by molar-refractivity contribution is 7.32. The van der Waals surface area contributed by atoms with Gasteiger partial charge in [0.05, 0.1) is 6.61 Å². The Morgan fingerprint density at radius 3 is 1.16 bits per heavy atom. The third-order valence-corrected chi connectivity index (χ3v) is 11.3. The van der Waals surface area contributed by atoms with Gasteiger partial charge in [-0.25, -0.2) is 0 Å². The maximum atomic E-state index is 12.8. The van der Waals surface area contributed by atoms with Crippen molar-refractivity contribution >= 4 is 20.7 Å². The van der Waals surface area contributed by atoms with Crippen molar-refractivity contribution in [3.63, 3.8) is 0 Å². The fourth-order valence-corrected chi connectivity index (χ4v) is 7.59. The Bertz CT molecular complexity index is 823. The molecule has 51 heavy (non-hydrogen) atoms. The molecule has 7 heteroatoms. The van der Waals surface area contributed by atoms with Gasteiger partial charge in [0.1, 0.15) is 6.61 Å². The fourth-order valence-electron chi connectivity index (χ4n) is 7.16. The lowest BCUT2D eigenvalue weighted by Gasteiger charge is -2.20. The van der Waals surface area contributed by atoms with Gasteiger partial charge in [0.25, 0.3) is 0 Å². The van der Waals surface area contributed by atoms with Crippen LogP contribution in [0.5, 0.6) is 0 Å². The summed E-state index contributed by atoms with van der Waals surface area (Å²) in [6.45, 7) is 23.3. The Kier molecular flexibility index (Phi) is 32.2. The van der Waals surface area contributed by atoms with E-state index in [-0.39, 0.29) is 45.8 Å². The van der Waals surface area contributed by atoms with Gasteiger partial charge in [-0.05, 0) is 47.3 Å². The van der Waals surface area contributed by atoms with Gasteiger partial charge in [-0.1, -0.05) is 185 Å². The zero-order valence-corrected chi connectivity index (χ0v) is 36.6. The Balaban J connectivity index is 4.31. The topological polar surface area (TPSA) is 87.8 Å². The maximum Gasteiger partial charge on any atom is 0.306 e. The van der Waals surface area contributed by atoms with E-state index in [4.69, 9.17) is 19.7 Å². The van der Waals surface area contributed by atoms with Gasteiger partial charge in [-0.2, -0.15) is 0 Å². The summed E-state index contributed by atoms with van der Waals surface area (Å²) in [5.41, 5.74) is 5.61. The smallest absolute Gasteiger partial charge is 0.306 e. The van der Waals surface area contributed by atoms with E-state index < -0.39 is 6.10 Å². The zero-order valence-electron chi connectivity index (χ0n) is 35.6. The van der Waals surface area contributed by atoms with Crippen LogP contribution in [0.4, 0.5) is 0 Å². The van der Waals surface area contributed by atoms with Crippen LogP contribution in [0.15, 0.2) is 0 Å². The van der Waals surface area contributed by atoms with Crippen molar-refractivity contribution in [1.82, 2.24) is 0 Å². The molecule has 0 spiro atoms. The van der Waals surface area contributed by atoms with Gasteiger partial charge in [-0.15, -0.1) is 0 Å². The van der Waals surface area contributed by atoms with Crippen molar-refractivity contribution in [1.29, 1.82) is 0 Å². The van der Waals surface area contributed by atoms with Crippen molar-refractivity contribution < 1.29 is 23.6 Å². The standard InChI is InChI=1S/C44H88NO5P/c1-34(2)17-11-19-36(5)21-13-23-38(7)25-15-27-40(9)29-43(46)48-31-42(32-49-51-33-45)50-44(47)30-41(10)28-16-26-39(8)24-14-22-37(6)20-12-18-35(3)4/h34-42,51H,11-33,45H2,1-10H3. The highest BCUT2D eigenvalue weighted by Gasteiger charge is 2.21. The van der Waals surface area contributed by atoms with Crippen LogP contribution in [-0.2, 0) is 23.6 Å². The number of rotatable bonds is 35. The minimum absolute atomic E-state index is 0.0293. The molecule has 0 rings (SSSR count). The summed E-state index contributed by atoms with van der Waals surface area (Å²) in [6, 6.07) is 0. The van der Waals surface area contributed by atoms with Crippen molar-refractivity contribution in [2.75, 3.05) is 19.5 Å². The van der Waals surface area contributed by atoms with Crippen LogP contribution in [-0.4, -0.2) is 37.5 Å². The van der Waals surface area contributed by atoms with Crippen LogP contribution >= 0.6 is 8.81 Å². The third kappa shape index (κ3) is 33.6. The third-order valence-electron chi connectivity index (χ3n) is 10.7. The maximum absolute atomic E-state index is 12.8. The minimum Gasteiger partial charge on any atom is -0.462 e. The predicted octanol–water partition coefficient (Wildman–Crippen LogP) is 12.9. The van der Waals surface area contributed by atoms with Gasteiger partial charge < -0.3 is 19.7 Å². The molecule has 0 aromatic rings. The monoisotopic (exact) mass is 742 g/mol. The van der Waals surface area contributed by atoms with E-state index in [0.717, 1.165) is 61.2 Å². The van der Waals surface area contributed by atoms with E-state index in [9.17, 15) is 9.59 Å². The molecule has 6 nitrogen and oxygen atoms in total. The molecule has 2 N–H and O–H groups in total. The van der Waals surface area contributed by atoms with Crippen LogP contribution < -0.4 is 5.73 Å². The largest absolute Gasteiger partial charge is 0.462 e. The van der Waals surface area contributed by atoms with Crippen molar-refractivity contribution in [3.05, 3.63) is 0 Å². The van der Waals surface area contributed by atoms with E-state index in [0.29, 0.717) is 19.1 Å². The van der Waals surface area contributed by atoms with Gasteiger partial charge >= 0.3 is 11.9 Å². The molecule has 0 saturated carbocycles. The van der Waals surface area contributed by atoms with Gasteiger partial charge in [0.2, 0.25) is 0 Å². The number of nitrogens with two attached hydrogens (primary N) is 1. The molecule has 0 radical (unpaired) electrons. The van der Waals surface area contributed by atoms with Crippen LogP contribution in [0.1, 0.15) is 198 Å². The molecular weight excluding hydrogens is 653 g/mol. The van der Waals surface area contributed by atoms with Gasteiger partial charge in [-0.3, -0.25) is 9.59 Å². The molecule has 0 saturated heterocycles. The van der Waals surface area contributed by atoms with Crippen molar-refractivity contribution in [2.45, 2.75) is 204 Å². The second kappa shape index (κ2) is 32.7. The number of ether oxygens (including phenoxy) is 2. The highest BCUT2D eigenvalue weighted by Crippen LogP contribution is 2.25. The van der Waals surface area contributed by atoms with Crippen molar-refractivity contribution in [3.8, 4) is 0 Å². The molecular formula is C44H88NO5P. The van der Waals surface area contributed by atoms with E-state index >= 15 is 0 Å². The summed E-state index contributed by atoms with van der Waals surface area (Å²) in [4.78, 5) is 25.5. The van der Waals surface area contributed by atoms with Crippen LogP contribution in [0, 0.1) is 47.3 Å². The summed E-state index contributed by atoms with van der Waals surface area (Å²) >= 11 is 0. The van der Waals surface area contributed by atoms with Crippen LogP contribution in [0.2, 0.25) is 0 Å². The molecule has 0 aliphatic heterocycles. The molecule has 0 aromatic carbocycles. The number of carbonyl (C=O) groups excluding carboxylic acids is 2. The molecule has 304 valence electrons. The van der Waals surface area contributed by atoms with E-state index in [1.165, 1.54) is 89.9 Å². The highest BCUT2D eigenvalue weighted by atomic mass is 31.1. The molecule has 0 heterocycles. The molecule has 0 aromatic heterocycles. The van der Waals surface area contributed by atoms with Crippen LogP contribution in [0.3, 0.4) is 0 Å². The predicted molar refractivity (Wildman–Crippen MR) is 221 cm³/mol. The quantitative estimate of drug-likeness (QED) is 0.0395. The SMILES string of the molecule is CC(C)CCCC(C)CCCC(C)CCCC(C)CC(=O)OCC(COPCN)OC(=O)CC(C)CCCC(C)CCCC(C)CCCC(C)C. The lowest BCUT2D eigenvalue weighted by molar-refractivity contribution is -0.161. The molecule has 8 unspecified atom stereocenters. The first-order valence-electron chi connectivity index (χ1n) is 21.6. The van der Waals surface area contributed by atoms with E-state index in [1.807, 2.05) is 0 Å². The molecule has 0 fully saturated rings. The zero-order chi connectivity index (χ0) is 38.4. The fraction of sp³-hybridized carbons (Fsp3) is 0.955. The lowest BCUT2D eigenvalue weighted by atomic mass is 9.91. The van der Waals surface area contributed by atoms with E-state index in [2.05, 4.69) is 69.2 Å². The molecule has 0 amide bonds. The normalized spacial score (nSPS) is 16.3. The molecule has 0 aliphatic rings. The molecule has 8 atom stereocenters. The number of hydrogen-bond acceptors (Lipinski definition) is 6. The Morgan fingerprint density at radius 1 is 0.471 bits per heavy atom. The summed E-state index contributed by atoms with van der Waals surface area (Å²) in [6.07, 6.45) is 23.4. The summed E-state index contributed by atoms with van der Waals surface area (Å²) in [5.74, 6) is 4.81. The average molecular weight is 742 g/mol. The van der Waals surface area contributed by atoms with Crippen LogP contribution in [0.25, 0.3) is 0 Å². The first-order valence-corrected chi connectivity index (χ1v) is 22.7. The first-order chi connectivity index (χ1) is 24.2. The summed E-state index contributed by atoms with van der Waals surface area (Å²) < 4.78 is 17.0. The second-order valence-corrected chi connectivity index (χ2v) is 18.9. The Hall–Kier alpha value is -0.710. The Labute approximate surface area is 319 Å². The first kappa shape index (κ1) is 50.3.